The SMILES string of the molecule is CC.CC=O.CCNC.Cc1ccc(Br)cc1. The van der Waals surface area contributed by atoms with Crippen LogP contribution in [-0.4, -0.2) is 19.9 Å². The van der Waals surface area contributed by atoms with E-state index in [4.69, 9.17) is 4.79 Å². The number of aldehydes is 1. The van der Waals surface area contributed by atoms with Crippen molar-refractivity contribution in [3.05, 3.63) is 34.3 Å². The molecule has 0 fully saturated rings. The van der Waals surface area contributed by atoms with E-state index in [-0.39, 0.29) is 0 Å². The van der Waals surface area contributed by atoms with Crippen LogP contribution in [-0.2, 0) is 4.79 Å². The number of rotatable bonds is 1. The average molecular weight is 304 g/mol. The quantitative estimate of drug-likeness (QED) is 0.787. The zero-order valence-corrected chi connectivity index (χ0v) is 13.5. The first-order valence-electron chi connectivity index (χ1n) is 5.88. The molecule has 0 radical (unpaired) electrons. The summed E-state index contributed by atoms with van der Waals surface area (Å²) in [6.07, 6.45) is 0.750. The van der Waals surface area contributed by atoms with Crippen LogP contribution >= 0.6 is 15.9 Å². The topological polar surface area (TPSA) is 29.1 Å². The van der Waals surface area contributed by atoms with Crippen LogP contribution in [0.2, 0.25) is 0 Å². The van der Waals surface area contributed by atoms with Gasteiger partial charge in [-0.05, 0) is 39.6 Å². The summed E-state index contributed by atoms with van der Waals surface area (Å²) in [5.41, 5.74) is 1.30. The number of hydrogen-bond donors (Lipinski definition) is 1. The van der Waals surface area contributed by atoms with E-state index in [2.05, 4.69) is 47.2 Å². The molecule has 3 heteroatoms. The molecule has 0 heterocycles. The first-order chi connectivity index (χ1) is 8.12. The second-order valence-corrected chi connectivity index (χ2v) is 3.65. The summed E-state index contributed by atoms with van der Waals surface area (Å²) in [6, 6.07) is 8.22. The Morgan fingerprint density at radius 3 is 1.71 bits per heavy atom. The van der Waals surface area contributed by atoms with Gasteiger partial charge in [0.25, 0.3) is 0 Å². The molecule has 0 aliphatic carbocycles. The summed E-state index contributed by atoms with van der Waals surface area (Å²) in [6.45, 7) is 10.7. The number of nitrogens with one attached hydrogen (secondary N) is 1. The largest absolute Gasteiger partial charge is 0.320 e. The number of hydrogen-bond acceptors (Lipinski definition) is 2. The van der Waals surface area contributed by atoms with Gasteiger partial charge >= 0.3 is 0 Å². The van der Waals surface area contributed by atoms with Crippen LogP contribution in [0, 0.1) is 6.92 Å². The van der Waals surface area contributed by atoms with Crippen molar-refractivity contribution in [1.29, 1.82) is 0 Å². The molecule has 0 unspecified atom stereocenters. The first-order valence-corrected chi connectivity index (χ1v) is 6.68. The fourth-order valence-electron chi connectivity index (χ4n) is 0.533. The van der Waals surface area contributed by atoms with E-state index in [0.717, 1.165) is 17.3 Å². The summed E-state index contributed by atoms with van der Waals surface area (Å²) in [5, 5.41) is 2.93. The highest BCUT2D eigenvalue weighted by Crippen LogP contribution is 2.08. The highest BCUT2D eigenvalue weighted by atomic mass is 79.9. The molecule has 0 aliphatic heterocycles. The summed E-state index contributed by atoms with van der Waals surface area (Å²) in [5.74, 6) is 0. The Kier molecular flexibility index (Phi) is 26.3. The number of carbonyl (C=O) groups excluding carboxylic acids is 1. The van der Waals surface area contributed by atoms with Crippen LogP contribution < -0.4 is 5.32 Å². The fourth-order valence-corrected chi connectivity index (χ4v) is 0.798. The maximum Gasteiger partial charge on any atom is 0.116 e. The maximum atomic E-state index is 8.81. The van der Waals surface area contributed by atoms with Gasteiger partial charge in [0.1, 0.15) is 6.29 Å². The van der Waals surface area contributed by atoms with Gasteiger partial charge in [-0.15, -0.1) is 0 Å². The molecule has 0 aliphatic rings. The summed E-state index contributed by atoms with van der Waals surface area (Å²) in [7, 11) is 1.93. The predicted molar refractivity (Wildman–Crippen MR) is 81.6 cm³/mol. The van der Waals surface area contributed by atoms with Crippen molar-refractivity contribution in [1.82, 2.24) is 5.32 Å². The van der Waals surface area contributed by atoms with Crippen LogP contribution in [0.3, 0.4) is 0 Å². The van der Waals surface area contributed by atoms with E-state index >= 15 is 0 Å². The lowest BCUT2D eigenvalue weighted by molar-refractivity contribution is -0.106. The summed E-state index contributed by atoms with van der Waals surface area (Å²) >= 11 is 3.35. The molecular weight excluding hydrogens is 278 g/mol. The van der Waals surface area contributed by atoms with Gasteiger partial charge < -0.3 is 10.1 Å². The molecule has 100 valence electrons. The molecule has 17 heavy (non-hydrogen) atoms. The van der Waals surface area contributed by atoms with Crippen LogP contribution in [0.25, 0.3) is 0 Å². The van der Waals surface area contributed by atoms with Crippen molar-refractivity contribution in [3.8, 4) is 0 Å². The van der Waals surface area contributed by atoms with E-state index in [0.29, 0.717) is 0 Å². The molecule has 0 spiro atoms. The number of aryl methyl sites for hydroxylation is 1. The van der Waals surface area contributed by atoms with Gasteiger partial charge in [-0.2, -0.15) is 0 Å². The second-order valence-electron chi connectivity index (χ2n) is 2.74. The molecule has 1 rings (SSSR count). The van der Waals surface area contributed by atoms with Gasteiger partial charge in [-0.1, -0.05) is 54.4 Å². The zero-order valence-electron chi connectivity index (χ0n) is 11.9. The van der Waals surface area contributed by atoms with Crippen molar-refractivity contribution in [2.75, 3.05) is 13.6 Å². The van der Waals surface area contributed by atoms with Crippen molar-refractivity contribution in [2.45, 2.75) is 34.6 Å². The lowest BCUT2D eigenvalue weighted by Crippen LogP contribution is -2.01. The Bertz CT molecular complexity index is 211. The van der Waals surface area contributed by atoms with Gasteiger partial charge in [-0.3, -0.25) is 0 Å². The molecule has 0 aromatic heterocycles. The highest BCUT2D eigenvalue weighted by Gasteiger charge is 1.81. The summed E-state index contributed by atoms with van der Waals surface area (Å²) < 4.78 is 1.14. The van der Waals surface area contributed by atoms with Gasteiger partial charge in [-0.25, -0.2) is 0 Å². The summed E-state index contributed by atoms with van der Waals surface area (Å²) in [4.78, 5) is 8.81. The highest BCUT2D eigenvalue weighted by molar-refractivity contribution is 9.10. The molecule has 1 aromatic carbocycles. The van der Waals surface area contributed by atoms with Crippen LogP contribution in [0.1, 0.15) is 33.3 Å². The third kappa shape index (κ3) is 25.5. The minimum atomic E-state index is 0.750. The van der Waals surface area contributed by atoms with Gasteiger partial charge in [0, 0.05) is 4.47 Å². The monoisotopic (exact) mass is 303 g/mol. The molecular formula is C14H26BrNO. The van der Waals surface area contributed by atoms with Crippen LogP contribution in [0.15, 0.2) is 28.7 Å². The van der Waals surface area contributed by atoms with E-state index in [1.54, 1.807) is 0 Å². The standard InChI is InChI=1S/C7H7Br.C3H9N.C2H4O.C2H6/c1-6-2-4-7(8)5-3-6;1-3-4-2;1-2-3;1-2/h2-5H,1H3;4H,3H2,1-2H3;2H,1H3;1-2H3. The fraction of sp³-hybridized carbons (Fsp3) is 0.500. The average Bonchev–Trinajstić information content (AvgIpc) is 2.37. The van der Waals surface area contributed by atoms with Crippen molar-refractivity contribution < 1.29 is 4.79 Å². The molecule has 1 N–H and O–H groups in total. The molecule has 0 amide bonds. The Balaban J connectivity index is -0.000000186. The maximum absolute atomic E-state index is 8.81. The third-order valence-electron chi connectivity index (χ3n) is 1.36. The Hall–Kier alpha value is -0.670. The van der Waals surface area contributed by atoms with Gasteiger partial charge in [0.2, 0.25) is 0 Å². The van der Waals surface area contributed by atoms with E-state index in [9.17, 15) is 0 Å². The third-order valence-corrected chi connectivity index (χ3v) is 1.89. The number of benzene rings is 1. The zero-order chi connectivity index (χ0) is 14.1. The van der Waals surface area contributed by atoms with Crippen molar-refractivity contribution in [2.24, 2.45) is 0 Å². The minimum absolute atomic E-state index is 0.750. The lowest BCUT2D eigenvalue weighted by Gasteiger charge is -1.88. The number of halogens is 1. The van der Waals surface area contributed by atoms with Gasteiger partial charge in [0.05, 0.1) is 0 Å². The van der Waals surface area contributed by atoms with E-state index < -0.39 is 0 Å². The Labute approximate surface area is 115 Å². The molecule has 0 saturated heterocycles. The molecule has 1 aromatic rings. The number of carbonyl (C=O) groups is 1. The Morgan fingerprint density at radius 1 is 1.24 bits per heavy atom. The van der Waals surface area contributed by atoms with Crippen LogP contribution in [0.4, 0.5) is 0 Å². The van der Waals surface area contributed by atoms with E-state index in [1.165, 1.54) is 12.5 Å². The van der Waals surface area contributed by atoms with Crippen molar-refractivity contribution in [3.63, 3.8) is 0 Å². The van der Waals surface area contributed by atoms with Crippen molar-refractivity contribution >= 4 is 22.2 Å². The smallest absolute Gasteiger partial charge is 0.116 e. The molecule has 0 saturated carbocycles. The van der Waals surface area contributed by atoms with E-state index in [1.807, 2.05) is 33.0 Å². The Morgan fingerprint density at radius 2 is 1.53 bits per heavy atom. The molecule has 0 atom stereocenters. The predicted octanol–water partition coefficient (Wildman–Crippen LogP) is 4.21. The molecule has 0 bridgehead atoms. The van der Waals surface area contributed by atoms with Gasteiger partial charge in [0.15, 0.2) is 0 Å². The minimum Gasteiger partial charge on any atom is -0.320 e. The second kappa shape index (κ2) is 20.7. The molecule has 2 nitrogen and oxygen atoms in total. The van der Waals surface area contributed by atoms with Crippen LogP contribution in [0.5, 0.6) is 0 Å². The lowest BCUT2D eigenvalue weighted by atomic mass is 10.2. The first kappa shape index (κ1) is 21.6. The normalized spacial score (nSPS) is 7.24.